The van der Waals surface area contributed by atoms with E-state index in [1.54, 1.807) is 0 Å². The summed E-state index contributed by atoms with van der Waals surface area (Å²) >= 11 is 0. The first-order chi connectivity index (χ1) is 9.73. The van der Waals surface area contributed by atoms with Gasteiger partial charge in [0, 0.05) is 6.20 Å². The summed E-state index contributed by atoms with van der Waals surface area (Å²) in [6.07, 6.45) is -4.47. The van der Waals surface area contributed by atoms with Gasteiger partial charge in [0.2, 0.25) is 0 Å². The number of nitrogens with zero attached hydrogens (tertiary/aromatic N) is 2. The van der Waals surface area contributed by atoms with Gasteiger partial charge >= 0.3 is 13.5 Å². The van der Waals surface area contributed by atoms with E-state index in [1.165, 1.54) is 12.3 Å². The minimum Gasteiger partial charge on any atom is -0.394 e. The van der Waals surface area contributed by atoms with Crippen molar-refractivity contribution >= 4 is 13.6 Å². The lowest BCUT2D eigenvalue weighted by Crippen LogP contribution is -2.37. The normalized spacial score (nSPS) is 29.7. The van der Waals surface area contributed by atoms with Crippen molar-refractivity contribution in [3.8, 4) is 0 Å². The van der Waals surface area contributed by atoms with E-state index in [1.807, 2.05) is 0 Å². The third kappa shape index (κ3) is 3.47. The molecule has 0 spiro atoms. The number of ether oxygens (including phenoxy) is 1. The smallest absolute Gasteiger partial charge is 0.394 e. The van der Waals surface area contributed by atoms with Gasteiger partial charge in [-0.25, -0.2) is 9.36 Å². The Balaban J connectivity index is 2.39. The Labute approximate surface area is 117 Å². The predicted octanol–water partition coefficient (Wildman–Crippen LogP) is -2.45. The van der Waals surface area contributed by atoms with Gasteiger partial charge in [0.15, 0.2) is 6.23 Å². The molecule has 1 saturated heterocycles. The molecular formula is C9H14N3O8P. The summed E-state index contributed by atoms with van der Waals surface area (Å²) in [6, 6.07) is 1.26. The highest BCUT2D eigenvalue weighted by molar-refractivity contribution is 7.46. The average Bonchev–Trinajstić information content (AvgIpc) is 2.65. The molecule has 0 aromatic carbocycles. The standard InChI is InChI=1S/C9H14N3O8P/c10-5-1-2-12(9(15)11-5)8-7(20-21(16,17)18)6(14)4(3-13)19-8/h1-2,4,6-8,13-14H,3H2,(H2,10,11,15)(H2,16,17,18)/t4-,6-,7+,8-/m1/s1. The van der Waals surface area contributed by atoms with Crippen LogP contribution in [-0.4, -0.2) is 54.5 Å². The minimum absolute atomic E-state index is 0.0547. The zero-order valence-corrected chi connectivity index (χ0v) is 11.4. The van der Waals surface area contributed by atoms with Crippen LogP contribution in [0.25, 0.3) is 0 Å². The molecule has 1 aliphatic rings. The second-order valence-electron chi connectivity index (χ2n) is 4.34. The lowest BCUT2D eigenvalue weighted by Gasteiger charge is -2.22. The number of rotatable bonds is 4. The molecule has 1 aromatic rings. The Hall–Kier alpha value is -1.33. The number of aliphatic hydroxyl groups excluding tert-OH is 2. The van der Waals surface area contributed by atoms with Gasteiger partial charge in [-0.1, -0.05) is 0 Å². The fourth-order valence-electron chi connectivity index (χ4n) is 1.98. The van der Waals surface area contributed by atoms with Crippen LogP contribution in [0.1, 0.15) is 6.23 Å². The summed E-state index contributed by atoms with van der Waals surface area (Å²) in [4.78, 5) is 32.9. The number of phosphoric acid groups is 1. The molecule has 118 valence electrons. The van der Waals surface area contributed by atoms with Crippen molar-refractivity contribution in [1.82, 2.24) is 9.55 Å². The van der Waals surface area contributed by atoms with E-state index < -0.39 is 44.7 Å². The highest BCUT2D eigenvalue weighted by Gasteiger charge is 2.48. The van der Waals surface area contributed by atoms with Crippen molar-refractivity contribution in [2.75, 3.05) is 12.3 Å². The van der Waals surface area contributed by atoms with Crippen molar-refractivity contribution in [3.05, 3.63) is 22.7 Å². The summed E-state index contributed by atoms with van der Waals surface area (Å²) in [6.45, 7) is -0.629. The van der Waals surface area contributed by atoms with Crippen LogP contribution in [0, 0.1) is 0 Å². The van der Waals surface area contributed by atoms with E-state index in [0.717, 1.165) is 4.57 Å². The third-order valence-electron chi connectivity index (χ3n) is 2.88. The van der Waals surface area contributed by atoms with Gasteiger partial charge in [-0.2, -0.15) is 4.98 Å². The Kier molecular flexibility index (Phi) is 4.44. The molecule has 0 bridgehead atoms. The van der Waals surface area contributed by atoms with Crippen LogP contribution >= 0.6 is 7.82 Å². The van der Waals surface area contributed by atoms with Gasteiger partial charge in [0.25, 0.3) is 0 Å². The second kappa shape index (κ2) is 5.81. The van der Waals surface area contributed by atoms with E-state index >= 15 is 0 Å². The molecule has 1 aromatic heterocycles. The molecule has 0 saturated carbocycles. The maximum atomic E-state index is 11.7. The van der Waals surface area contributed by atoms with Crippen molar-refractivity contribution in [2.45, 2.75) is 24.5 Å². The van der Waals surface area contributed by atoms with E-state index in [4.69, 9.17) is 25.4 Å². The number of phosphoric ester groups is 1. The SMILES string of the molecule is Nc1ccn([C@@H]2O[C@H](CO)[C@@H](O)[C@@H]2OP(=O)(O)O)c(=O)n1. The van der Waals surface area contributed by atoms with Gasteiger partial charge in [0.1, 0.15) is 24.1 Å². The van der Waals surface area contributed by atoms with Crippen molar-refractivity contribution in [3.63, 3.8) is 0 Å². The molecular weight excluding hydrogens is 309 g/mol. The molecule has 0 aliphatic carbocycles. The fraction of sp³-hybridized carbons (Fsp3) is 0.556. The zero-order valence-electron chi connectivity index (χ0n) is 10.5. The number of anilines is 1. The summed E-state index contributed by atoms with van der Waals surface area (Å²) in [7, 11) is -4.95. The number of nitrogens with two attached hydrogens (primary N) is 1. The third-order valence-corrected chi connectivity index (χ3v) is 3.40. The summed E-state index contributed by atoms with van der Waals surface area (Å²) in [5.74, 6) is -0.0547. The molecule has 0 amide bonds. The monoisotopic (exact) mass is 323 g/mol. The maximum absolute atomic E-state index is 11.7. The van der Waals surface area contributed by atoms with Crippen LogP contribution in [0.3, 0.4) is 0 Å². The minimum atomic E-state index is -4.95. The molecule has 2 rings (SSSR count). The number of hydrogen-bond donors (Lipinski definition) is 5. The molecule has 12 heteroatoms. The zero-order chi connectivity index (χ0) is 15.8. The molecule has 1 aliphatic heterocycles. The first kappa shape index (κ1) is 16.0. The Morgan fingerprint density at radius 1 is 1.52 bits per heavy atom. The van der Waals surface area contributed by atoms with E-state index in [-0.39, 0.29) is 5.82 Å². The number of nitrogen functional groups attached to an aromatic ring is 1. The van der Waals surface area contributed by atoms with Crippen molar-refractivity contribution in [1.29, 1.82) is 0 Å². The molecule has 1 fully saturated rings. The van der Waals surface area contributed by atoms with E-state index in [2.05, 4.69) is 9.51 Å². The van der Waals surface area contributed by atoms with Crippen LogP contribution in [0.2, 0.25) is 0 Å². The molecule has 6 N–H and O–H groups in total. The second-order valence-corrected chi connectivity index (χ2v) is 5.53. The van der Waals surface area contributed by atoms with Crippen LogP contribution in [0.4, 0.5) is 5.82 Å². The summed E-state index contributed by atoms with van der Waals surface area (Å²) in [5, 5.41) is 18.9. The van der Waals surface area contributed by atoms with Gasteiger partial charge < -0.3 is 30.5 Å². The van der Waals surface area contributed by atoms with Gasteiger partial charge in [-0.15, -0.1) is 0 Å². The molecule has 4 atom stereocenters. The molecule has 11 nitrogen and oxygen atoms in total. The van der Waals surface area contributed by atoms with Crippen LogP contribution in [-0.2, 0) is 13.8 Å². The van der Waals surface area contributed by atoms with Gasteiger partial charge in [0.05, 0.1) is 6.61 Å². The quantitative estimate of drug-likeness (QED) is 0.374. The maximum Gasteiger partial charge on any atom is 0.470 e. The fourth-order valence-corrected chi connectivity index (χ4v) is 2.53. The lowest BCUT2D eigenvalue weighted by molar-refractivity contribution is -0.0543. The Morgan fingerprint density at radius 3 is 2.71 bits per heavy atom. The molecule has 2 heterocycles. The number of aromatic nitrogens is 2. The topological polar surface area (TPSA) is 177 Å². The Morgan fingerprint density at radius 2 is 2.19 bits per heavy atom. The predicted molar refractivity (Wildman–Crippen MR) is 66.8 cm³/mol. The van der Waals surface area contributed by atoms with Crippen LogP contribution in [0.5, 0.6) is 0 Å². The first-order valence-corrected chi connectivity index (χ1v) is 7.29. The van der Waals surface area contributed by atoms with E-state index in [0.29, 0.717) is 0 Å². The Bertz CT molecular complexity index is 615. The first-order valence-electron chi connectivity index (χ1n) is 5.76. The van der Waals surface area contributed by atoms with Crippen molar-refractivity contribution < 1.29 is 33.8 Å². The molecule has 21 heavy (non-hydrogen) atoms. The van der Waals surface area contributed by atoms with Crippen LogP contribution in [0.15, 0.2) is 17.1 Å². The number of aliphatic hydroxyl groups is 2. The van der Waals surface area contributed by atoms with Gasteiger partial charge in [-0.05, 0) is 6.07 Å². The highest BCUT2D eigenvalue weighted by atomic mass is 31.2. The lowest BCUT2D eigenvalue weighted by atomic mass is 10.1. The van der Waals surface area contributed by atoms with Crippen molar-refractivity contribution in [2.24, 2.45) is 0 Å². The van der Waals surface area contributed by atoms with E-state index in [9.17, 15) is 14.5 Å². The highest BCUT2D eigenvalue weighted by Crippen LogP contribution is 2.44. The summed E-state index contributed by atoms with van der Waals surface area (Å²) in [5.41, 5.74) is 4.48. The molecule has 0 radical (unpaired) electrons. The number of hydrogen-bond acceptors (Lipinski definition) is 8. The largest absolute Gasteiger partial charge is 0.470 e. The van der Waals surface area contributed by atoms with Gasteiger partial charge in [-0.3, -0.25) is 9.09 Å². The molecule has 0 unspecified atom stereocenters. The average molecular weight is 323 g/mol. The summed E-state index contributed by atoms with van der Waals surface area (Å²) < 4.78 is 21.5. The van der Waals surface area contributed by atoms with Crippen LogP contribution < -0.4 is 11.4 Å².